The van der Waals surface area contributed by atoms with E-state index >= 15 is 0 Å². The van der Waals surface area contributed by atoms with E-state index in [0.29, 0.717) is 31.7 Å². The van der Waals surface area contributed by atoms with Crippen molar-refractivity contribution in [1.82, 2.24) is 5.32 Å². The van der Waals surface area contributed by atoms with Gasteiger partial charge in [0, 0.05) is 25.8 Å². The Bertz CT molecular complexity index is 441. The second-order valence-electron chi connectivity index (χ2n) is 4.27. The van der Waals surface area contributed by atoms with Crippen LogP contribution in [0.5, 0.6) is 0 Å². The van der Waals surface area contributed by atoms with Crippen molar-refractivity contribution in [2.75, 3.05) is 13.7 Å². The predicted octanol–water partition coefficient (Wildman–Crippen LogP) is 2.34. The number of ether oxygens (including phenoxy) is 1. The summed E-state index contributed by atoms with van der Waals surface area (Å²) < 4.78 is 5.09. The number of carboxylic acid groups (broad SMARTS) is 1. The molecule has 0 aromatic heterocycles. The Balaban J connectivity index is 2.44. The van der Waals surface area contributed by atoms with E-state index in [-0.39, 0.29) is 0 Å². The highest BCUT2D eigenvalue weighted by atomic mass is 16.5. The van der Waals surface area contributed by atoms with Crippen LogP contribution in [0, 0.1) is 0 Å². The molecule has 1 aromatic rings. The summed E-state index contributed by atoms with van der Waals surface area (Å²) in [6.45, 7) is 3.72. The lowest BCUT2D eigenvalue weighted by Crippen LogP contribution is -2.14. The van der Waals surface area contributed by atoms with Gasteiger partial charge in [-0.2, -0.15) is 0 Å². The Morgan fingerprint density at radius 3 is 2.79 bits per heavy atom. The maximum atomic E-state index is 10.8. The summed E-state index contributed by atoms with van der Waals surface area (Å²) in [5, 5.41) is 12.1. The molecule has 0 saturated carbocycles. The number of carbonyl (C=O) groups is 1. The van der Waals surface area contributed by atoms with E-state index in [4.69, 9.17) is 9.84 Å². The molecule has 104 valence electrons. The van der Waals surface area contributed by atoms with Gasteiger partial charge in [0.15, 0.2) is 0 Å². The Hall–Kier alpha value is -1.65. The molecule has 0 amide bonds. The van der Waals surface area contributed by atoms with E-state index in [1.54, 1.807) is 13.2 Å². The minimum atomic E-state index is -0.841. The van der Waals surface area contributed by atoms with Crippen LogP contribution in [0.2, 0.25) is 0 Å². The predicted molar refractivity (Wildman–Crippen MR) is 74.9 cm³/mol. The smallest absolute Gasteiger partial charge is 0.331 e. The first-order valence-electron chi connectivity index (χ1n) is 6.37. The van der Waals surface area contributed by atoms with Gasteiger partial charge in [-0.15, -0.1) is 0 Å². The van der Waals surface area contributed by atoms with Crippen LogP contribution >= 0.6 is 0 Å². The van der Waals surface area contributed by atoms with Gasteiger partial charge in [-0.25, -0.2) is 4.79 Å². The van der Waals surface area contributed by atoms with E-state index in [1.807, 2.05) is 25.1 Å². The van der Waals surface area contributed by atoms with Crippen molar-refractivity contribution >= 4 is 5.97 Å². The summed E-state index contributed by atoms with van der Waals surface area (Å²) in [5.41, 5.74) is 2.74. The SMILES string of the molecule is CC/C(=C/CNCc1cccc(COC)c1)C(=O)O. The summed E-state index contributed by atoms with van der Waals surface area (Å²) in [6, 6.07) is 8.13. The fourth-order valence-electron chi connectivity index (χ4n) is 1.79. The molecule has 4 heteroatoms. The maximum Gasteiger partial charge on any atom is 0.331 e. The number of nitrogens with one attached hydrogen (secondary N) is 1. The van der Waals surface area contributed by atoms with Gasteiger partial charge >= 0.3 is 5.97 Å². The van der Waals surface area contributed by atoms with Crippen molar-refractivity contribution in [2.45, 2.75) is 26.5 Å². The second kappa shape index (κ2) is 8.45. The van der Waals surface area contributed by atoms with Gasteiger partial charge < -0.3 is 15.2 Å². The second-order valence-corrected chi connectivity index (χ2v) is 4.27. The van der Waals surface area contributed by atoms with Gasteiger partial charge in [0.2, 0.25) is 0 Å². The first-order valence-corrected chi connectivity index (χ1v) is 6.37. The molecule has 1 aromatic carbocycles. The van der Waals surface area contributed by atoms with Crippen LogP contribution in [-0.4, -0.2) is 24.7 Å². The molecule has 0 atom stereocenters. The number of carboxylic acids is 1. The average Bonchev–Trinajstić information content (AvgIpc) is 2.39. The van der Waals surface area contributed by atoms with Crippen molar-refractivity contribution in [3.63, 3.8) is 0 Å². The zero-order chi connectivity index (χ0) is 14.1. The van der Waals surface area contributed by atoms with Crippen molar-refractivity contribution in [1.29, 1.82) is 0 Å². The standard InChI is InChI=1S/C15H21NO3/c1-3-14(15(17)18)7-8-16-10-12-5-4-6-13(9-12)11-19-2/h4-7,9,16H,3,8,10-11H2,1-2H3,(H,17,18)/b14-7-. The molecule has 0 unspecified atom stereocenters. The lowest BCUT2D eigenvalue weighted by atomic mass is 10.1. The molecule has 0 radical (unpaired) electrons. The van der Waals surface area contributed by atoms with Gasteiger partial charge in [-0.05, 0) is 17.5 Å². The Morgan fingerprint density at radius 2 is 2.16 bits per heavy atom. The maximum absolute atomic E-state index is 10.8. The minimum Gasteiger partial charge on any atom is -0.478 e. The summed E-state index contributed by atoms with van der Waals surface area (Å²) in [6.07, 6.45) is 2.27. The van der Waals surface area contributed by atoms with Crippen molar-refractivity contribution in [3.05, 3.63) is 47.0 Å². The molecule has 1 rings (SSSR count). The van der Waals surface area contributed by atoms with Crippen LogP contribution in [0.3, 0.4) is 0 Å². The third-order valence-corrected chi connectivity index (χ3v) is 2.78. The van der Waals surface area contributed by atoms with Crippen LogP contribution in [0.15, 0.2) is 35.9 Å². The van der Waals surface area contributed by atoms with Crippen molar-refractivity contribution < 1.29 is 14.6 Å². The van der Waals surface area contributed by atoms with E-state index in [0.717, 1.165) is 11.1 Å². The largest absolute Gasteiger partial charge is 0.478 e. The lowest BCUT2D eigenvalue weighted by molar-refractivity contribution is -0.132. The fraction of sp³-hybridized carbons (Fsp3) is 0.400. The molecule has 0 bridgehead atoms. The quantitative estimate of drug-likeness (QED) is 0.558. The third-order valence-electron chi connectivity index (χ3n) is 2.78. The molecular formula is C15H21NO3. The number of aliphatic carboxylic acids is 1. The van der Waals surface area contributed by atoms with E-state index in [9.17, 15) is 4.79 Å². The topological polar surface area (TPSA) is 58.6 Å². The summed E-state index contributed by atoms with van der Waals surface area (Å²) in [4.78, 5) is 10.8. The van der Waals surface area contributed by atoms with Crippen LogP contribution in [0.4, 0.5) is 0 Å². The molecule has 4 nitrogen and oxygen atoms in total. The fourth-order valence-corrected chi connectivity index (χ4v) is 1.79. The number of hydrogen-bond acceptors (Lipinski definition) is 3. The van der Waals surface area contributed by atoms with Crippen molar-refractivity contribution in [3.8, 4) is 0 Å². The molecule has 0 aliphatic rings. The molecule has 2 N–H and O–H groups in total. The summed E-state index contributed by atoms with van der Waals surface area (Å²) in [5.74, 6) is -0.841. The van der Waals surface area contributed by atoms with Crippen LogP contribution in [0.1, 0.15) is 24.5 Å². The van der Waals surface area contributed by atoms with Crippen LogP contribution < -0.4 is 5.32 Å². The Morgan fingerprint density at radius 1 is 1.42 bits per heavy atom. The lowest BCUT2D eigenvalue weighted by Gasteiger charge is -2.06. The van der Waals surface area contributed by atoms with Crippen LogP contribution in [-0.2, 0) is 22.7 Å². The normalized spacial score (nSPS) is 11.6. The molecule has 19 heavy (non-hydrogen) atoms. The highest BCUT2D eigenvalue weighted by Gasteiger charge is 2.02. The number of methoxy groups -OCH3 is 1. The molecule has 0 spiro atoms. The van der Waals surface area contributed by atoms with Gasteiger partial charge in [-0.3, -0.25) is 0 Å². The first kappa shape index (κ1) is 15.4. The number of rotatable bonds is 8. The average molecular weight is 263 g/mol. The van der Waals surface area contributed by atoms with Gasteiger partial charge in [0.25, 0.3) is 0 Å². The molecule has 0 fully saturated rings. The highest BCUT2D eigenvalue weighted by molar-refractivity contribution is 5.86. The minimum absolute atomic E-state index is 0.445. The molecule has 0 aliphatic heterocycles. The summed E-state index contributed by atoms with van der Waals surface area (Å²) in [7, 11) is 1.67. The van der Waals surface area contributed by atoms with Gasteiger partial charge in [0.05, 0.1) is 6.61 Å². The van der Waals surface area contributed by atoms with Gasteiger partial charge in [-0.1, -0.05) is 37.3 Å². The Labute approximate surface area is 114 Å². The number of hydrogen-bond donors (Lipinski definition) is 2. The third kappa shape index (κ3) is 5.68. The molecule has 0 saturated heterocycles. The van der Waals surface area contributed by atoms with E-state index in [2.05, 4.69) is 11.4 Å². The van der Waals surface area contributed by atoms with Crippen LogP contribution in [0.25, 0.3) is 0 Å². The Kier molecular flexibility index (Phi) is 6.85. The van der Waals surface area contributed by atoms with E-state index in [1.165, 1.54) is 0 Å². The number of benzene rings is 1. The summed E-state index contributed by atoms with van der Waals surface area (Å²) >= 11 is 0. The first-order chi connectivity index (χ1) is 9.17. The zero-order valence-corrected chi connectivity index (χ0v) is 11.5. The monoisotopic (exact) mass is 263 g/mol. The molecule has 0 heterocycles. The highest BCUT2D eigenvalue weighted by Crippen LogP contribution is 2.06. The van der Waals surface area contributed by atoms with Gasteiger partial charge in [0.1, 0.15) is 0 Å². The molecule has 0 aliphatic carbocycles. The zero-order valence-electron chi connectivity index (χ0n) is 11.5. The van der Waals surface area contributed by atoms with E-state index < -0.39 is 5.97 Å². The molecular weight excluding hydrogens is 242 g/mol. The van der Waals surface area contributed by atoms with Crippen molar-refractivity contribution in [2.24, 2.45) is 0 Å².